The quantitative estimate of drug-likeness (QED) is 0.358. The van der Waals surface area contributed by atoms with E-state index in [-0.39, 0.29) is 12.4 Å². The predicted octanol–water partition coefficient (Wildman–Crippen LogP) is 0.503. The van der Waals surface area contributed by atoms with Crippen molar-refractivity contribution in [2.45, 2.75) is 0 Å². The van der Waals surface area contributed by atoms with E-state index in [9.17, 15) is 0 Å². The van der Waals surface area contributed by atoms with Gasteiger partial charge in [0.25, 0.3) is 0 Å². The highest BCUT2D eigenvalue weighted by atomic mass is 35.5. The normalized spacial score (nSPS) is 10.2. The molecule has 0 unspecified atom stereocenters. The van der Waals surface area contributed by atoms with E-state index in [4.69, 9.17) is 0 Å². The summed E-state index contributed by atoms with van der Waals surface area (Å²) in [6.45, 7) is 0. The number of rotatable bonds is 3. The van der Waals surface area contributed by atoms with Gasteiger partial charge in [0.1, 0.15) is 12.7 Å². The van der Waals surface area contributed by atoms with Gasteiger partial charge in [0, 0.05) is 28.2 Å². The molecule has 0 atom stereocenters. The van der Waals surface area contributed by atoms with E-state index < -0.39 is 0 Å². The molecule has 4 nitrogen and oxygen atoms in total. The zero-order valence-corrected chi connectivity index (χ0v) is 8.17. The molecule has 0 N–H and O–H groups in total. The Bertz CT molecular complexity index is 115. The molecule has 0 aromatic carbocycles. The van der Waals surface area contributed by atoms with Crippen LogP contribution in [-0.2, 0) is 0 Å². The maximum atomic E-state index is 3.74. The minimum absolute atomic E-state index is 0. The lowest BCUT2D eigenvalue weighted by molar-refractivity contribution is 0.631. The maximum absolute atomic E-state index is 3.74. The average Bonchev–Trinajstić information content (AvgIpc) is 1.79. The molecule has 0 aromatic rings. The number of halogens is 1. The average molecular weight is 179 g/mol. The zero-order valence-electron chi connectivity index (χ0n) is 7.35. The van der Waals surface area contributed by atoms with E-state index in [1.54, 1.807) is 12.7 Å². The standard InChI is InChI=1S/C6H14N4.ClH/c1-9(2)5-7-8-6-10(3)4;/h5-6H,1-4H3;1H. The molecular weight excluding hydrogens is 164 g/mol. The lowest BCUT2D eigenvalue weighted by Gasteiger charge is -2.01. The van der Waals surface area contributed by atoms with Crippen molar-refractivity contribution in [3.05, 3.63) is 0 Å². The Labute approximate surface area is 74.0 Å². The van der Waals surface area contributed by atoms with Gasteiger partial charge in [0.2, 0.25) is 0 Å². The summed E-state index contributed by atoms with van der Waals surface area (Å²) in [6, 6.07) is 0. The number of hydrogen-bond donors (Lipinski definition) is 0. The smallest absolute Gasteiger partial charge is 0.113 e. The van der Waals surface area contributed by atoms with Crippen molar-refractivity contribution in [2.24, 2.45) is 10.2 Å². The lowest BCUT2D eigenvalue weighted by Crippen LogP contribution is -2.09. The first-order valence-corrected chi connectivity index (χ1v) is 3.02. The largest absolute Gasteiger partial charge is 0.367 e. The van der Waals surface area contributed by atoms with Crippen LogP contribution in [0.4, 0.5) is 0 Å². The third-order valence-corrected chi connectivity index (χ3v) is 0.632. The Kier molecular flexibility index (Phi) is 8.58. The first-order chi connectivity index (χ1) is 4.63. The van der Waals surface area contributed by atoms with Crippen molar-refractivity contribution in [1.29, 1.82) is 0 Å². The van der Waals surface area contributed by atoms with E-state index in [1.807, 2.05) is 38.0 Å². The highest BCUT2D eigenvalue weighted by Crippen LogP contribution is 1.71. The van der Waals surface area contributed by atoms with Crippen LogP contribution in [0.1, 0.15) is 0 Å². The second-order valence-corrected chi connectivity index (χ2v) is 2.39. The molecule has 0 radical (unpaired) electrons. The van der Waals surface area contributed by atoms with Gasteiger partial charge in [-0.25, -0.2) is 0 Å². The Morgan fingerprint density at radius 2 is 1.09 bits per heavy atom. The molecule has 66 valence electrons. The Balaban J connectivity index is 0. The molecule has 0 saturated carbocycles. The van der Waals surface area contributed by atoms with E-state index in [0.717, 1.165) is 0 Å². The lowest BCUT2D eigenvalue weighted by atomic mass is 10.9. The van der Waals surface area contributed by atoms with Gasteiger partial charge in [-0.1, -0.05) is 0 Å². The maximum Gasteiger partial charge on any atom is 0.113 e. The molecule has 11 heavy (non-hydrogen) atoms. The van der Waals surface area contributed by atoms with E-state index in [1.165, 1.54) is 0 Å². The Morgan fingerprint density at radius 1 is 0.818 bits per heavy atom. The fourth-order valence-corrected chi connectivity index (χ4v) is 0.266. The Hall–Kier alpha value is -0.770. The van der Waals surface area contributed by atoms with Crippen LogP contribution in [0.3, 0.4) is 0 Å². The summed E-state index contributed by atoms with van der Waals surface area (Å²) in [4.78, 5) is 3.65. The van der Waals surface area contributed by atoms with Crippen LogP contribution in [0.5, 0.6) is 0 Å². The molecular formula is C6H15ClN4. The zero-order chi connectivity index (χ0) is 7.98. The molecule has 0 aliphatic heterocycles. The molecule has 0 fully saturated rings. The molecule has 0 spiro atoms. The minimum Gasteiger partial charge on any atom is -0.367 e. The van der Waals surface area contributed by atoms with Crippen molar-refractivity contribution in [3.8, 4) is 0 Å². The van der Waals surface area contributed by atoms with Gasteiger partial charge in [-0.05, 0) is 0 Å². The van der Waals surface area contributed by atoms with Crippen LogP contribution in [0.2, 0.25) is 0 Å². The van der Waals surface area contributed by atoms with Gasteiger partial charge < -0.3 is 9.80 Å². The van der Waals surface area contributed by atoms with E-state index >= 15 is 0 Å². The second-order valence-electron chi connectivity index (χ2n) is 2.39. The van der Waals surface area contributed by atoms with Gasteiger partial charge in [-0.2, -0.15) is 0 Å². The molecule has 0 aliphatic rings. The fraction of sp³-hybridized carbons (Fsp3) is 0.667. The van der Waals surface area contributed by atoms with Crippen LogP contribution in [0.15, 0.2) is 10.2 Å². The van der Waals surface area contributed by atoms with Gasteiger partial charge in [-0.3, -0.25) is 0 Å². The van der Waals surface area contributed by atoms with Crippen LogP contribution in [0.25, 0.3) is 0 Å². The van der Waals surface area contributed by atoms with Crippen molar-refractivity contribution in [3.63, 3.8) is 0 Å². The first-order valence-electron chi connectivity index (χ1n) is 3.02. The van der Waals surface area contributed by atoms with Crippen LogP contribution < -0.4 is 0 Å². The molecule has 0 rings (SSSR count). The van der Waals surface area contributed by atoms with Crippen LogP contribution in [-0.4, -0.2) is 50.7 Å². The molecule has 5 heteroatoms. The van der Waals surface area contributed by atoms with E-state index in [0.29, 0.717) is 0 Å². The molecule has 0 aliphatic carbocycles. The van der Waals surface area contributed by atoms with Crippen molar-refractivity contribution >= 4 is 25.1 Å². The molecule has 0 heterocycles. The third kappa shape index (κ3) is 12.4. The predicted molar refractivity (Wildman–Crippen MR) is 51.6 cm³/mol. The van der Waals surface area contributed by atoms with Gasteiger partial charge in [0.15, 0.2) is 0 Å². The minimum atomic E-state index is 0. The van der Waals surface area contributed by atoms with Crippen LogP contribution >= 0.6 is 12.4 Å². The summed E-state index contributed by atoms with van der Waals surface area (Å²) in [6.07, 6.45) is 3.28. The third-order valence-electron chi connectivity index (χ3n) is 0.632. The van der Waals surface area contributed by atoms with Crippen LogP contribution in [0, 0.1) is 0 Å². The number of nitrogens with zero attached hydrogens (tertiary/aromatic N) is 4. The summed E-state index contributed by atoms with van der Waals surface area (Å²) < 4.78 is 0. The summed E-state index contributed by atoms with van der Waals surface area (Å²) in [5, 5.41) is 7.48. The van der Waals surface area contributed by atoms with Crippen molar-refractivity contribution in [2.75, 3.05) is 28.2 Å². The second kappa shape index (κ2) is 7.34. The topological polar surface area (TPSA) is 31.2 Å². The summed E-state index contributed by atoms with van der Waals surface area (Å²) in [5.74, 6) is 0. The highest BCUT2D eigenvalue weighted by molar-refractivity contribution is 5.85. The first kappa shape index (κ1) is 12.9. The number of hydrogen-bond acceptors (Lipinski definition) is 2. The van der Waals surface area contributed by atoms with E-state index in [2.05, 4.69) is 10.2 Å². The molecule has 0 bridgehead atoms. The van der Waals surface area contributed by atoms with Crippen molar-refractivity contribution in [1.82, 2.24) is 9.80 Å². The molecule has 0 saturated heterocycles. The van der Waals surface area contributed by atoms with Gasteiger partial charge in [0.05, 0.1) is 0 Å². The van der Waals surface area contributed by atoms with Crippen molar-refractivity contribution < 1.29 is 0 Å². The molecule has 0 aromatic heterocycles. The highest BCUT2D eigenvalue weighted by Gasteiger charge is 1.74. The summed E-state index contributed by atoms with van der Waals surface area (Å²) in [5.41, 5.74) is 0. The summed E-state index contributed by atoms with van der Waals surface area (Å²) in [7, 11) is 7.59. The van der Waals surface area contributed by atoms with Gasteiger partial charge in [-0.15, -0.1) is 22.6 Å². The summed E-state index contributed by atoms with van der Waals surface area (Å²) >= 11 is 0. The fourth-order valence-electron chi connectivity index (χ4n) is 0.266. The molecule has 0 amide bonds. The SMILES string of the molecule is CN(C)C=NN=CN(C)C.Cl. The Morgan fingerprint density at radius 3 is 1.27 bits per heavy atom. The van der Waals surface area contributed by atoms with Gasteiger partial charge >= 0.3 is 0 Å². The monoisotopic (exact) mass is 178 g/mol.